The molecule has 3 heterocycles. The number of nitrogens with zero attached hydrogens (tertiary/aromatic N) is 3. The standard InChI is InChI=1S/C18H25N3O3S/c1-13(2)11-17-19-16(20-24-17)7-9-23-14-5-3-8-21(12-14)18(22)15-6-4-10-25-15/h4,6,10,13-14H,3,5,7-9,11-12H2,1-2H3. The molecule has 0 aliphatic carbocycles. The molecule has 1 amide bonds. The molecule has 7 heteroatoms. The Labute approximate surface area is 152 Å². The largest absolute Gasteiger partial charge is 0.376 e. The lowest BCUT2D eigenvalue weighted by atomic mass is 10.1. The second kappa shape index (κ2) is 8.58. The first-order valence-corrected chi connectivity index (χ1v) is 9.75. The van der Waals surface area contributed by atoms with E-state index in [0.717, 1.165) is 30.7 Å². The summed E-state index contributed by atoms with van der Waals surface area (Å²) in [5, 5.41) is 5.93. The average molecular weight is 363 g/mol. The van der Waals surface area contributed by atoms with E-state index < -0.39 is 0 Å². The molecule has 1 aliphatic heterocycles. The molecule has 0 N–H and O–H groups in total. The summed E-state index contributed by atoms with van der Waals surface area (Å²) in [5.74, 6) is 1.99. The van der Waals surface area contributed by atoms with Crippen LogP contribution in [-0.2, 0) is 17.6 Å². The van der Waals surface area contributed by atoms with E-state index in [9.17, 15) is 4.79 Å². The monoisotopic (exact) mass is 363 g/mol. The van der Waals surface area contributed by atoms with Crippen LogP contribution in [0.15, 0.2) is 22.0 Å². The fourth-order valence-electron chi connectivity index (χ4n) is 2.96. The number of aromatic nitrogens is 2. The van der Waals surface area contributed by atoms with Crippen LogP contribution in [0.2, 0.25) is 0 Å². The number of carbonyl (C=O) groups excluding carboxylic acids is 1. The van der Waals surface area contributed by atoms with Crippen molar-refractivity contribution in [1.82, 2.24) is 15.0 Å². The maximum Gasteiger partial charge on any atom is 0.264 e. The van der Waals surface area contributed by atoms with Gasteiger partial charge in [0.25, 0.3) is 5.91 Å². The molecule has 0 spiro atoms. The van der Waals surface area contributed by atoms with Crippen molar-refractivity contribution in [2.75, 3.05) is 19.7 Å². The van der Waals surface area contributed by atoms with Crippen LogP contribution >= 0.6 is 11.3 Å². The zero-order valence-electron chi connectivity index (χ0n) is 14.8. The molecule has 2 aromatic heterocycles. The van der Waals surface area contributed by atoms with E-state index in [1.807, 2.05) is 22.4 Å². The number of hydrogen-bond donors (Lipinski definition) is 0. The predicted molar refractivity (Wildman–Crippen MR) is 95.7 cm³/mol. The molecule has 0 aromatic carbocycles. The molecular formula is C18H25N3O3S. The normalized spacial score (nSPS) is 18.0. The van der Waals surface area contributed by atoms with E-state index in [1.165, 1.54) is 11.3 Å². The topological polar surface area (TPSA) is 68.5 Å². The highest BCUT2D eigenvalue weighted by atomic mass is 32.1. The van der Waals surface area contributed by atoms with E-state index in [2.05, 4.69) is 24.0 Å². The van der Waals surface area contributed by atoms with Gasteiger partial charge >= 0.3 is 0 Å². The van der Waals surface area contributed by atoms with E-state index in [0.29, 0.717) is 37.2 Å². The van der Waals surface area contributed by atoms with Crippen LogP contribution in [0, 0.1) is 5.92 Å². The van der Waals surface area contributed by atoms with Crippen molar-refractivity contribution in [2.45, 2.75) is 45.6 Å². The third kappa shape index (κ3) is 5.12. The first-order chi connectivity index (χ1) is 12.1. The van der Waals surface area contributed by atoms with Gasteiger partial charge in [0.05, 0.1) is 17.6 Å². The number of carbonyl (C=O) groups is 1. The Hall–Kier alpha value is -1.73. The van der Waals surface area contributed by atoms with Crippen molar-refractivity contribution in [2.24, 2.45) is 5.92 Å². The first kappa shape index (κ1) is 18.1. The van der Waals surface area contributed by atoms with Gasteiger partial charge < -0.3 is 14.2 Å². The van der Waals surface area contributed by atoms with Crippen molar-refractivity contribution >= 4 is 17.2 Å². The molecule has 1 fully saturated rings. The molecule has 1 aliphatic rings. The molecular weight excluding hydrogens is 338 g/mol. The van der Waals surface area contributed by atoms with Crippen LogP contribution in [0.25, 0.3) is 0 Å². The van der Waals surface area contributed by atoms with Gasteiger partial charge in [0, 0.05) is 25.9 Å². The van der Waals surface area contributed by atoms with Crippen LogP contribution in [0.1, 0.15) is 48.1 Å². The molecule has 25 heavy (non-hydrogen) atoms. The number of amides is 1. The molecule has 0 saturated carbocycles. The summed E-state index contributed by atoms with van der Waals surface area (Å²) in [5.41, 5.74) is 0. The van der Waals surface area contributed by atoms with Gasteiger partial charge in [0.2, 0.25) is 5.89 Å². The second-order valence-electron chi connectivity index (χ2n) is 6.82. The van der Waals surface area contributed by atoms with Crippen molar-refractivity contribution in [3.8, 4) is 0 Å². The van der Waals surface area contributed by atoms with Gasteiger partial charge in [-0.15, -0.1) is 11.3 Å². The average Bonchev–Trinajstić information content (AvgIpc) is 3.26. The zero-order valence-corrected chi connectivity index (χ0v) is 15.6. The molecule has 0 bridgehead atoms. The number of likely N-dealkylation sites (tertiary alicyclic amines) is 1. The van der Waals surface area contributed by atoms with Crippen molar-refractivity contribution < 1.29 is 14.1 Å². The Kier molecular flexibility index (Phi) is 6.20. The zero-order chi connectivity index (χ0) is 17.6. The van der Waals surface area contributed by atoms with Crippen molar-refractivity contribution in [1.29, 1.82) is 0 Å². The Balaban J connectivity index is 1.44. The molecule has 1 unspecified atom stereocenters. The Morgan fingerprint density at radius 2 is 2.40 bits per heavy atom. The van der Waals surface area contributed by atoms with Gasteiger partial charge in [0.15, 0.2) is 5.82 Å². The fourth-order valence-corrected chi connectivity index (χ4v) is 3.65. The lowest BCUT2D eigenvalue weighted by Crippen LogP contribution is -2.43. The van der Waals surface area contributed by atoms with E-state index in [-0.39, 0.29) is 12.0 Å². The van der Waals surface area contributed by atoms with Gasteiger partial charge in [0.1, 0.15) is 0 Å². The maximum atomic E-state index is 12.4. The second-order valence-corrected chi connectivity index (χ2v) is 7.76. The van der Waals surface area contributed by atoms with E-state index in [4.69, 9.17) is 9.26 Å². The smallest absolute Gasteiger partial charge is 0.264 e. The third-order valence-electron chi connectivity index (χ3n) is 4.17. The summed E-state index contributed by atoms with van der Waals surface area (Å²) in [4.78, 5) is 19.5. The minimum absolute atomic E-state index is 0.0831. The number of rotatable bonds is 7. The van der Waals surface area contributed by atoms with E-state index >= 15 is 0 Å². The Bertz CT molecular complexity index is 669. The summed E-state index contributed by atoms with van der Waals surface area (Å²) in [6, 6.07) is 3.79. The van der Waals surface area contributed by atoms with Gasteiger partial charge in [-0.25, -0.2) is 0 Å². The summed E-state index contributed by atoms with van der Waals surface area (Å²) in [6.07, 6.45) is 3.48. The highest BCUT2D eigenvalue weighted by Gasteiger charge is 2.25. The molecule has 0 radical (unpaired) electrons. The molecule has 6 nitrogen and oxygen atoms in total. The maximum absolute atomic E-state index is 12.4. The minimum atomic E-state index is 0.0831. The molecule has 1 saturated heterocycles. The first-order valence-electron chi connectivity index (χ1n) is 8.87. The van der Waals surface area contributed by atoms with Gasteiger partial charge in [-0.2, -0.15) is 4.98 Å². The lowest BCUT2D eigenvalue weighted by molar-refractivity contribution is 0.00267. The molecule has 136 valence electrons. The SMILES string of the molecule is CC(C)Cc1nc(CCOC2CCCN(C(=O)c3cccs3)C2)no1. The summed E-state index contributed by atoms with van der Waals surface area (Å²) in [7, 11) is 0. The predicted octanol–water partition coefficient (Wildman–Crippen LogP) is 3.19. The Morgan fingerprint density at radius 1 is 1.52 bits per heavy atom. The molecule has 2 aromatic rings. The summed E-state index contributed by atoms with van der Waals surface area (Å²) < 4.78 is 11.2. The Morgan fingerprint density at radius 3 is 3.16 bits per heavy atom. The quantitative estimate of drug-likeness (QED) is 0.756. The summed E-state index contributed by atoms with van der Waals surface area (Å²) >= 11 is 1.49. The van der Waals surface area contributed by atoms with Crippen LogP contribution in [0.4, 0.5) is 0 Å². The van der Waals surface area contributed by atoms with Crippen LogP contribution < -0.4 is 0 Å². The number of ether oxygens (including phenoxy) is 1. The van der Waals surface area contributed by atoms with Crippen LogP contribution in [-0.4, -0.2) is 46.7 Å². The number of piperidine rings is 1. The van der Waals surface area contributed by atoms with Gasteiger partial charge in [-0.05, 0) is 30.2 Å². The summed E-state index contributed by atoms with van der Waals surface area (Å²) in [6.45, 7) is 6.26. The molecule has 3 rings (SSSR count). The van der Waals surface area contributed by atoms with Crippen molar-refractivity contribution in [3.63, 3.8) is 0 Å². The highest BCUT2D eigenvalue weighted by Crippen LogP contribution is 2.18. The van der Waals surface area contributed by atoms with Crippen molar-refractivity contribution in [3.05, 3.63) is 34.1 Å². The van der Waals surface area contributed by atoms with Crippen LogP contribution in [0.5, 0.6) is 0 Å². The van der Waals surface area contributed by atoms with Gasteiger partial charge in [-0.1, -0.05) is 25.1 Å². The third-order valence-corrected chi connectivity index (χ3v) is 5.03. The van der Waals surface area contributed by atoms with E-state index in [1.54, 1.807) is 0 Å². The molecule has 1 atom stereocenters. The number of thiophene rings is 1. The van der Waals surface area contributed by atoms with Gasteiger partial charge in [-0.3, -0.25) is 4.79 Å². The minimum Gasteiger partial charge on any atom is -0.376 e. The lowest BCUT2D eigenvalue weighted by Gasteiger charge is -2.32. The fraction of sp³-hybridized carbons (Fsp3) is 0.611. The number of hydrogen-bond acceptors (Lipinski definition) is 6. The van der Waals surface area contributed by atoms with Crippen LogP contribution in [0.3, 0.4) is 0 Å². The highest BCUT2D eigenvalue weighted by molar-refractivity contribution is 7.12.